The van der Waals surface area contributed by atoms with Crippen molar-refractivity contribution in [2.75, 3.05) is 19.6 Å². The van der Waals surface area contributed by atoms with E-state index in [1.807, 2.05) is 0 Å². The van der Waals surface area contributed by atoms with Gasteiger partial charge in [-0.15, -0.1) is 0 Å². The Morgan fingerprint density at radius 1 is 1.56 bits per heavy atom. The molecule has 1 aliphatic heterocycles. The Hall–Kier alpha value is -0.850. The number of carbonyl (C=O) groups is 1. The molecule has 16 heavy (non-hydrogen) atoms. The first-order valence-corrected chi connectivity index (χ1v) is 4.88. The van der Waals surface area contributed by atoms with Crippen LogP contribution in [0, 0.1) is 5.41 Å². The number of alkyl halides is 4. The fourth-order valence-corrected chi connectivity index (χ4v) is 1.67. The van der Waals surface area contributed by atoms with Gasteiger partial charge in [0.05, 0.1) is 0 Å². The highest BCUT2D eigenvalue weighted by atomic mass is 19.3. The minimum Gasteiger partial charge on any atom is -0.337 e. The minimum absolute atomic E-state index is 0.00461. The number of halogens is 4. The fraction of sp³-hybridized carbons (Fsp3) is 0.889. The van der Waals surface area contributed by atoms with E-state index in [1.54, 1.807) is 6.92 Å². The molecule has 1 atom stereocenters. The Kier molecular flexibility index (Phi) is 3.47. The highest BCUT2D eigenvalue weighted by Crippen LogP contribution is 2.33. The van der Waals surface area contributed by atoms with Crippen molar-refractivity contribution in [3.05, 3.63) is 0 Å². The van der Waals surface area contributed by atoms with E-state index in [0.717, 1.165) is 4.90 Å². The number of hydrogen-bond donors (Lipinski definition) is 1. The third kappa shape index (κ3) is 2.28. The van der Waals surface area contributed by atoms with Gasteiger partial charge in [0.2, 0.25) is 0 Å². The Morgan fingerprint density at radius 2 is 2.12 bits per heavy atom. The summed E-state index contributed by atoms with van der Waals surface area (Å²) in [6.45, 7) is 2.03. The minimum atomic E-state index is -4.60. The molecule has 1 fully saturated rings. The van der Waals surface area contributed by atoms with Gasteiger partial charge in [-0.05, 0) is 18.4 Å². The van der Waals surface area contributed by atoms with Crippen LogP contribution in [-0.2, 0) is 4.79 Å². The lowest BCUT2D eigenvalue weighted by Crippen LogP contribution is -2.47. The van der Waals surface area contributed by atoms with Gasteiger partial charge in [0.25, 0.3) is 5.91 Å². The van der Waals surface area contributed by atoms with Crippen molar-refractivity contribution in [1.82, 2.24) is 4.90 Å². The Labute approximate surface area is 90.6 Å². The second-order valence-electron chi connectivity index (χ2n) is 4.42. The molecule has 1 unspecified atom stereocenters. The van der Waals surface area contributed by atoms with Crippen LogP contribution in [0.25, 0.3) is 0 Å². The highest BCUT2D eigenvalue weighted by Gasteiger charge is 2.53. The largest absolute Gasteiger partial charge is 0.383 e. The van der Waals surface area contributed by atoms with E-state index >= 15 is 0 Å². The molecule has 0 radical (unpaired) electrons. The zero-order valence-electron chi connectivity index (χ0n) is 8.85. The van der Waals surface area contributed by atoms with E-state index < -0.39 is 23.7 Å². The van der Waals surface area contributed by atoms with Crippen molar-refractivity contribution >= 4 is 5.91 Å². The van der Waals surface area contributed by atoms with Gasteiger partial charge in [-0.1, -0.05) is 6.92 Å². The van der Waals surface area contributed by atoms with Crippen molar-refractivity contribution in [3.63, 3.8) is 0 Å². The van der Waals surface area contributed by atoms with Gasteiger partial charge < -0.3 is 10.6 Å². The molecule has 3 nitrogen and oxygen atoms in total. The second-order valence-corrected chi connectivity index (χ2v) is 4.42. The van der Waals surface area contributed by atoms with Crippen LogP contribution in [0.1, 0.15) is 13.3 Å². The molecule has 0 saturated carbocycles. The van der Waals surface area contributed by atoms with Crippen molar-refractivity contribution in [3.8, 4) is 0 Å². The fourth-order valence-electron chi connectivity index (χ4n) is 1.67. The molecule has 0 aromatic rings. The summed E-state index contributed by atoms with van der Waals surface area (Å²) in [6, 6.07) is 0. The molecule has 1 heterocycles. The quantitative estimate of drug-likeness (QED) is 0.753. The molecule has 0 aliphatic carbocycles. The molecule has 1 saturated heterocycles. The summed E-state index contributed by atoms with van der Waals surface area (Å²) >= 11 is 0. The van der Waals surface area contributed by atoms with Crippen LogP contribution in [0.2, 0.25) is 0 Å². The molecule has 7 heteroatoms. The number of amides is 1. The first-order valence-electron chi connectivity index (χ1n) is 4.88. The lowest BCUT2D eigenvalue weighted by Gasteiger charge is -2.25. The summed E-state index contributed by atoms with van der Waals surface area (Å²) in [5.41, 5.74) is 4.98. The number of hydrogen-bond acceptors (Lipinski definition) is 2. The van der Waals surface area contributed by atoms with Gasteiger partial charge in [0.1, 0.15) is 0 Å². The SMILES string of the molecule is CC1(CN)CCN(C(=O)C(F)(F)C(F)F)C1. The van der Waals surface area contributed by atoms with Gasteiger partial charge in [0, 0.05) is 13.1 Å². The summed E-state index contributed by atoms with van der Waals surface area (Å²) < 4.78 is 49.5. The van der Waals surface area contributed by atoms with Crippen LogP contribution in [-0.4, -0.2) is 42.8 Å². The summed E-state index contributed by atoms with van der Waals surface area (Å²) in [6.07, 6.45) is -3.51. The first kappa shape index (κ1) is 13.2. The van der Waals surface area contributed by atoms with E-state index in [4.69, 9.17) is 5.73 Å². The zero-order valence-corrected chi connectivity index (χ0v) is 8.85. The van der Waals surface area contributed by atoms with Crippen molar-refractivity contribution in [2.45, 2.75) is 25.7 Å². The molecule has 1 aliphatic rings. The van der Waals surface area contributed by atoms with Gasteiger partial charge in [-0.2, -0.15) is 8.78 Å². The lowest BCUT2D eigenvalue weighted by atomic mass is 9.90. The summed E-state index contributed by atoms with van der Waals surface area (Å²) in [5.74, 6) is -6.40. The van der Waals surface area contributed by atoms with Crippen LogP contribution < -0.4 is 5.73 Å². The summed E-state index contributed by atoms with van der Waals surface area (Å²) in [5, 5.41) is 0. The number of rotatable bonds is 3. The molecular formula is C9H14F4N2O. The first-order chi connectivity index (χ1) is 7.23. The van der Waals surface area contributed by atoms with E-state index in [1.165, 1.54) is 0 Å². The Bertz CT molecular complexity index is 285. The maximum atomic E-state index is 12.8. The third-order valence-electron chi connectivity index (χ3n) is 2.90. The monoisotopic (exact) mass is 242 g/mol. The number of nitrogens with two attached hydrogens (primary N) is 1. The van der Waals surface area contributed by atoms with Gasteiger partial charge in [-0.25, -0.2) is 8.78 Å². The van der Waals surface area contributed by atoms with Gasteiger partial charge >= 0.3 is 12.3 Å². The molecule has 0 aromatic carbocycles. The van der Waals surface area contributed by atoms with Crippen LogP contribution in [0.4, 0.5) is 17.6 Å². The Morgan fingerprint density at radius 3 is 2.50 bits per heavy atom. The van der Waals surface area contributed by atoms with Crippen molar-refractivity contribution < 1.29 is 22.4 Å². The highest BCUT2D eigenvalue weighted by molar-refractivity contribution is 5.84. The third-order valence-corrected chi connectivity index (χ3v) is 2.90. The average molecular weight is 242 g/mol. The predicted molar refractivity (Wildman–Crippen MR) is 49.3 cm³/mol. The molecule has 0 spiro atoms. The van der Waals surface area contributed by atoms with Gasteiger partial charge in [-0.3, -0.25) is 4.79 Å². The van der Waals surface area contributed by atoms with E-state index in [2.05, 4.69) is 0 Å². The number of nitrogens with zero attached hydrogens (tertiary/aromatic N) is 1. The van der Waals surface area contributed by atoms with Gasteiger partial charge in [0.15, 0.2) is 0 Å². The molecule has 0 aromatic heterocycles. The standard InChI is InChI=1S/C9H14F4N2O/c1-8(4-14)2-3-15(5-8)7(16)9(12,13)6(10)11/h6H,2-5,14H2,1H3. The maximum absolute atomic E-state index is 12.8. The number of likely N-dealkylation sites (tertiary alicyclic amines) is 1. The normalized spacial score (nSPS) is 26.6. The van der Waals surface area contributed by atoms with E-state index in [0.29, 0.717) is 6.42 Å². The van der Waals surface area contributed by atoms with E-state index in [9.17, 15) is 22.4 Å². The smallest absolute Gasteiger partial charge is 0.337 e. The van der Waals surface area contributed by atoms with Crippen molar-refractivity contribution in [1.29, 1.82) is 0 Å². The van der Waals surface area contributed by atoms with Crippen LogP contribution in [0.5, 0.6) is 0 Å². The second kappa shape index (κ2) is 4.20. The molecule has 2 N–H and O–H groups in total. The molecule has 0 bridgehead atoms. The molecule has 1 amide bonds. The van der Waals surface area contributed by atoms with Crippen molar-refractivity contribution in [2.24, 2.45) is 11.1 Å². The topological polar surface area (TPSA) is 46.3 Å². The van der Waals surface area contributed by atoms with E-state index in [-0.39, 0.29) is 19.6 Å². The average Bonchev–Trinajstić information content (AvgIpc) is 2.60. The van der Waals surface area contributed by atoms with Crippen LogP contribution >= 0.6 is 0 Å². The maximum Gasteiger partial charge on any atom is 0.383 e. The van der Waals surface area contributed by atoms with Crippen LogP contribution in [0.3, 0.4) is 0 Å². The van der Waals surface area contributed by atoms with Crippen LogP contribution in [0.15, 0.2) is 0 Å². The molecule has 1 rings (SSSR count). The summed E-state index contributed by atoms with van der Waals surface area (Å²) in [4.78, 5) is 11.9. The summed E-state index contributed by atoms with van der Waals surface area (Å²) in [7, 11) is 0. The molecular weight excluding hydrogens is 228 g/mol. The predicted octanol–water partition coefficient (Wildman–Crippen LogP) is 1.08. The zero-order chi connectivity index (χ0) is 12.6. The Balaban J connectivity index is 2.72. The molecule has 94 valence electrons. The number of carbonyl (C=O) groups excluding carboxylic acids is 1. The lowest BCUT2D eigenvalue weighted by molar-refractivity contribution is -0.179.